The van der Waals surface area contributed by atoms with Crippen LogP contribution in [0.5, 0.6) is 0 Å². The van der Waals surface area contributed by atoms with Gasteiger partial charge in [0.05, 0.1) is 84.1 Å². The summed E-state index contributed by atoms with van der Waals surface area (Å²) in [5, 5.41) is 65.6. The zero-order chi connectivity index (χ0) is 54.0. The van der Waals surface area contributed by atoms with Crippen LogP contribution in [0, 0.1) is 0 Å². The summed E-state index contributed by atoms with van der Waals surface area (Å²) in [6.45, 7) is 1.24. The van der Waals surface area contributed by atoms with Crippen LogP contribution in [0.25, 0.3) is 0 Å². The quantitative estimate of drug-likeness (QED) is 0.0190. The van der Waals surface area contributed by atoms with Crippen molar-refractivity contribution in [1.82, 2.24) is 20.9 Å². The van der Waals surface area contributed by atoms with Crippen molar-refractivity contribution in [2.24, 2.45) is 0 Å². The number of rotatable bonds is 38. The van der Waals surface area contributed by atoms with Crippen molar-refractivity contribution in [3.05, 3.63) is 68.0 Å². The number of carbonyl (C=O) groups is 6. The van der Waals surface area contributed by atoms with E-state index in [0.29, 0.717) is 57.8 Å². The Hall–Kier alpha value is -5.88. The Morgan fingerprint density at radius 3 is 1.88 bits per heavy atom. The number of hydrogen-bond acceptors (Lipinski definition) is 20. The SMILES string of the molecule is O=C(CCN1C(=O)C=CC1=O)NCCOCCOCCOCCOCCNc1c(NCCCCCCO[C@]2(C(=O)O)C[C@H](O)[C@@H](NC(=O)CO)[C@H]([C@H](O)[C@H](O)CNC(=O)Cc3ccc(C(F)F)cc3)O2)c(=O)c1=O. The molecule has 6 atom stereocenters. The van der Waals surface area contributed by atoms with Gasteiger partial charge in [-0.05, 0) is 18.4 Å². The molecule has 0 unspecified atom stereocenters. The number of aliphatic hydroxyl groups is 4. The van der Waals surface area contributed by atoms with E-state index in [2.05, 4.69) is 26.6 Å². The number of ether oxygens (including phenoxy) is 6. The van der Waals surface area contributed by atoms with E-state index in [4.69, 9.17) is 28.4 Å². The van der Waals surface area contributed by atoms with Gasteiger partial charge in [0.2, 0.25) is 17.7 Å². The fourth-order valence-corrected chi connectivity index (χ4v) is 7.52. The number of hydrogen-bond donors (Lipinski definition) is 10. The van der Waals surface area contributed by atoms with Crippen LogP contribution in [0.4, 0.5) is 20.2 Å². The van der Waals surface area contributed by atoms with Crippen molar-refractivity contribution < 1.29 is 91.5 Å². The molecule has 0 aromatic heterocycles. The second-order valence-corrected chi connectivity index (χ2v) is 17.0. The molecular weight excluding hydrogens is 991 g/mol. The van der Waals surface area contributed by atoms with E-state index in [1.54, 1.807) is 0 Å². The van der Waals surface area contributed by atoms with Crippen LogP contribution in [0.2, 0.25) is 0 Å². The normalized spacial score (nSPS) is 19.4. The lowest BCUT2D eigenvalue weighted by atomic mass is 9.88. The minimum absolute atomic E-state index is 0.00325. The number of halogens is 2. The number of amides is 5. The van der Waals surface area contributed by atoms with Crippen LogP contribution >= 0.6 is 0 Å². The molecule has 1 fully saturated rings. The summed E-state index contributed by atoms with van der Waals surface area (Å²) in [6, 6.07) is 3.42. The maximum Gasteiger partial charge on any atom is 0.364 e. The summed E-state index contributed by atoms with van der Waals surface area (Å²) < 4.78 is 58.9. The molecule has 412 valence electrons. The Bertz CT molecular complexity index is 2210. The standard InChI is InChI=1S/C47H66F2N6O19/c48-45(49)30-7-5-29(6-8-30)25-34(60)53-27-32(58)41(64)44-38(54-35(61)28-56)31(57)26-47(74-44,46(67)68)73-16-4-2-1-3-12-51-39-40(43(66)42(39)65)52-14-18-70-20-22-72-24-23-71-21-19-69-17-13-50-33(59)11-15-55-36(62)9-10-37(55)63/h5-10,31-32,38,41,44-45,51-52,56-58,64H,1-4,11-28H2,(H,50,59)(H,53,60)(H,54,61)(H,67,68)/t31-,32+,38+,41+,44+,47+/m0/s1. The summed E-state index contributed by atoms with van der Waals surface area (Å²) >= 11 is 0. The average molecular weight is 1060 g/mol. The van der Waals surface area contributed by atoms with E-state index in [0.717, 1.165) is 29.2 Å². The number of unbranched alkanes of at least 4 members (excludes halogenated alkanes) is 3. The number of anilines is 2. The largest absolute Gasteiger partial charge is 0.477 e. The molecule has 0 radical (unpaired) electrons. The third-order valence-electron chi connectivity index (χ3n) is 11.5. The minimum atomic E-state index is -2.70. The molecule has 2 aliphatic heterocycles. The molecule has 0 spiro atoms. The predicted molar refractivity (Wildman–Crippen MR) is 255 cm³/mol. The first kappa shape index (κ1) is 60.7. The van der Waals surface area contributed by atoms with Gasteiger partial charge in [0.15, 0.2) is 0 Å². The monoisotopic (exact) mass is 1060 g/mol. The maximum atomic E-state index is 12.9. The molecule has 0 saturated carbocycles. The van der Waals surface area contributed by atoms with E-state index >= 15 is 0 Å². The van der Waals surface area contributed by atoms with Gasteiger partial charge < -0.3 is 80.5 Å². The number of nitrogens with one attached hydrogen (secondary N) is 5. The van der Waals surface area contributed by atoms with E-state index in [1.165, 1.54) is 12.1 Å². The lowest BCUT2D eigenvalue weighted by Crippen LogP contribution is -2.68. The van der Waals surface area contributed by atoms with Crippen LogP contribution in [-0.2, 0) is 63.6 Å². The summed E-state index contributed by atoms with van der Waals surface area (Å²) in [7, 11) is 0. The van der Waals surface area contributed by atoms with Gasteiger partial charge >= 0.3 is 5.97 Å². The lowest BCUT2D eigenvalue weighted by Gasteiger charge is -2.46. The summed E-state index contributed by atoms with van der Waals surface area (Å²) in [6.07, 6.45) is -6.96. The van der Waals surface area contributed by atoms with E-state index in [9.17, 15) is 72.7 Å². The molecule has 5 amide bonds. The topological polar surface area (TPSA) is 356 Å². The molecule has 2 aromatic rings. The molecule has 4 rings (SSSR count). The number of nitrogens with zero attached hydrogens (tertiary/aromatic N) is 1. The maximum absolute atomic E-state index is 12.9. The van der Waals surface area contributed by atoms with Gasteiger partial charge in [-0.15, -0.1) is 0 Å². The average Bonchev–Trinajstić information content (AvgIpc) is 3.70. The smallest absolute Gasteiger partial charge is 0.364 e. The molecular formula is C47H66F2N6O19. The van der Waals surface area contributed by atoms with Crippen LogP contribution in [0.3, 0.4) is 0 Å². The van der Waals surface area contributed by atoms with Crippen LogP contribution < -0.4 is 37.4 Å². The number of carboxylic acids is 1. The summed E-state index contributed by atoms with van der Waals surface area (Å²) in [5.41, 5.74) is -0.908. The van der Waals surface area contributed by atoms with Crippen LogP contribution in [0.1, 0.15) is 56.1 Å². The predicted octanol–water partition coefficient (Wildman–Crippen LogP) is -2.39. The van der Waals surface area contributed by atoms with Gasteiger partial charge in [-0.2, -0.15) is 0 Å². The fourth-order valence-electron chi connectivity index (χ4n) is 7.52. The molecule has 10 N–H and O–H groups in total. The highest BCUT2D eigenvalue weighted by Crippen LogP contribution is 2.34. The highest BCUT2D eigenvalue weighted by molar-refractivity contribution is 6.13. The highest BCUT2D eigenvalue weighted by Gasteiger charge is 2.56. The van der Waals surface area contributed by atoms with Gasteiger partial charge in [-0.3, -0.25) is 38.5 Å². The number of imide groups is 1. The van der Waals surface area contributed by atoms with Crippen molar-refractivity contribution in [3.63, 3.8) is 0 Å². The number of carboxylic acid groups (broad SMARTS) is 1. The third-order valence-corrected chi connectivity index (χ3v) is 11.5. The Labute approximate surface area is 423 Å². The summed E-state index contributed by atoms with van der Waals surface area (Å²) in [5.74, 6) is -7.11. The Morgan fingerprint density at radius 2 is 1.30 bits per heavy atom. The van der Waals surface area contributed by atoms with Gasteiger partial charge in [0, 0.05) is 63.3 Å². The first-order valence-corrected chi connectivity index (χ1v) is 24.0. The van der Waals surface area contributed by atoms with Crippen molar-refractivity contribution in [2.75, 3.05) is 109 Å². The highest BCUT2D eigenvalue weighted by atomic mass is 19.3. The molecule has 25 nitrogen and oxygen atoms in total. The molecule has 0 bridgehead atoms. The van der Waals surface area contributed by atoms with Crippen molar-refractivity contribution in [2.45, 2.75) is 87.6 Å². The molecule has 2 aromatic carbocycles. The van der Waals surface area contributed by atoms with Gasteiger partial charge in [-0.25, -0.2) is 13.6 Å². The lowest BCUT2D eigenvalue weighted by molar-refractivity contribution is -0.310. The third kappa shape index (κ3) is 19.4. The number of benzene rings is 1. The van der Waals surface area contributed by atoms with Crippen LogP contribution in [-0.4, -0.2) is 201 Å². The molecule has 2 aliphatic rings. The number of carbonyl (C=O) groups excluding carboxylic acids is 5. The number of aliphatic carboxylic acids is 1. The van der Waals surface area contributed by atoms with E-state index in [-0.39, 0.29) is 94.8 Å². The molecule has 2 heterocycles. The van der Waals surface area contributed by atoms with E-state index < -0.39 is 103 Å². The van der Waals surface area contributed by atoms with Gasteiger partial charge in [0.25, 0.3) is 34.9 Å². The summed E-state index contributed by atoms with van der Waals surface area (Å²) in [4.78, 5) is 97.5. The Balaban J connectivity index is 1.05. The van der Waals surface area contributed by atoms with E-state index in [1.807, 2.05) is 0 Å². The zero-order valence-electron chi connectivity index (χ0n) is 40.6. The van der Waals surface area contributed by atoms with Gasteiger partial charge in [-0.1, -0.05) is 37.1 Å². The molecule has 0 aliphatic carbocycles. The second kappa shape index (κ2) is 31.8. The van der Waals surface area contributed by atoms with Crippen molar-refractivity contribution in [1.29, 1.82) is 0 Å². The Morgan fingerprint density at radius 1 is 0.730 bits per heavy atom. The Kier molecular flexibility index (Phi) is 26.0. The van der Waals surface area contributed by atoms with Gasteiger partial charge in [0.1, 0.15) is 30.2 Å². The second-order valence-electron chi connectivity index (χ2n) is 17.0. The first-order valence-electron chi connectivity index (χ1n) is 24.0. The first-order chi connectivity index (χ1) is 35.5. The van der Waals surface area contributed by atoms with Crippen molar-refractivity contribution >= 4 is 46.9 Å². The van der Waals surface area contributed by atoms with Crippen molar-refractivity contribution in [3.8, 4) is 0 Å². The number of alkyl halides is 2. The minimum Gasteiger partial charge on any atom is -0.477 e. The molecule has 27 heteroatoms. The van der Waals surface area contributed by atoms with Crippen LogP contribution in [0.15, 0.2) is 46.0 Å². The molecule has 1 saturated heterocycles. The number of aliphatic hydroxyl groups excluding tert-OH is 4. The molecule has 74 heavy (non-hydrogen) atoms. The fraction of sp³-hybridized carbons (Fsp3) is 0.617. The zero-order valence-corrected chi connectivity index (χ0v) is 40.6.